The molecule has 0 radical (unpaired) electrons. The van der Waals surface area contributed by atoms with Crippen molar-refractivity contribution in [3.8, 4) is 22.8 Å². The Balaban J connectivity index is 0.701. The third-order valence-corrected chi connectivity index (χ3v) is 11.9. The van der Waals surface area contributed by atoms with E-state index in [2.05, 4.69) is 20.2 Å². The molecule has 0 bridgehead atoms. The van der Waals surface area contributed by atoms with E-state index < -0.39 is 11.9 Å². The summed E-state index contributed by atoms with van der Waals surface area (Å²) in [6.07, 6.45) is 3.95. The highest BCUT2D eigenvalue weighted by atomic mass is 32.2. The molecule has 2 fully saturated rings. The molecule has 8 rings (SSSR count). The van der Waals surface area contributed by atoms with E-state index in [4.69, 9.17) is 29.8 Å². The molecule has 3 amide bonds. The molecule has 5 heterocycles. The van der Waals surface area contributed by atoms with E-state index in [0.29, 0.717) is 69.7 Å². The number of nitrogen functional groups attached to an aromatic ring is 1. The van der Waals surface area contributed by atoms with Crippen LogP contribution in [-0.2, 0) is 30.3 Å². The smallest absolute Gasteiger partial charge is 0.255 e. The molecule has 1 unspecified atom stereocenters. The fourth-order valence-corrected chi connectivity index (χ4v) is 8.73. The average molecular weight is 821 g/mol. The van der Waals surface area contributed by atoms with E-state index in [1.165, 1.54) is 6.33 Å². The fourth-order valence-electron chi connectivity index (χ4n) is 7.78. The van der Waals surface area contributed by atoms with Gasteiger partial charge in [-0.3, -0.25) is 19.7 Å². The third kappa shape index (κ3) is 9.58. The highest BCUT2D eigenvalue weighted by Gasteiger charge is 2.39. The first-order valence-electron chi connectivity index (χ1n) is 20.1. The molecule has 3 aliphatic heterocycles. The van der Waals surface area contributed by atoms with Gasteiger partial charge in [0.25, 0.3) is 5.91 Å². The zero-order chi connectivity index (χ0) is 40.6. The molecule has 15 nitrogen and oxygen atoms in total. The van der Waals surface area contributed by atoms with Gasteiger partial charge in [0.15, 0.2) is 5.65 Å². The summed E-state index contributed by atoms with van der Waals surface area (Å²) in [5.41, 5.74) is 10.4. The Morgan fingerprint density at radius 1 is 0.797 bits per heavy atom. The first-order chi connectivity index (χ1) is 28.9. The second-order valence-electron chi connectivity index (χ2n) is 14.6. The molecule has 308 valence electrons. The van der Waals surface area contributed by atoms with Crippen LogP contribution in [0.5, 0.6) is 11.5 Å². The first kappa shape index (κ1) is 40.4. The molecule has 3 N–H and O–H groups in total. The molecule has 0 aliphatic carbocycles. The zero-order valence-electron chi connectivity index (χ0n) is 32.8. The number of aromatic nitrogens is 4. The number of nitrogens with two attached hydrogens (primary N) is 1. The average Bonchev–Trinajstić information content (AvgIpc) is 3.81. The lowest BCUT2D eigenvalue weighted by Gasteiger charge is -2.32. The number of anilines is 1. The molecule has 3 aliphatic rings. The van der Waals surface area contributed by atoms with Crippen LogP contribution in [0.1, 0.15) is 47.6 Å². The van der Waals surface area contributed by atoms with E-state index in [-0.39, 0.29) is 24.3 Å². The van der Waals surface area contributed by atoms with Gasteiger partial charge in [0, 0.05) is 54.4 Å². The van der Waals surface area contributed by atoms with Crippen molar-refractivity contribution in [3.63, 3.8) is 0 Å². The number of ether oxygens (including phenoxy) is 4. The first-order valence-corrected chi connectivity index (χ1v) is 21.1. The van der Waals surface area contributed by atoms with Crippen molar-refractivity contribution in [2.45, 2.75) is 49.2 Å². The summed E-state index contributed by atoms with van der Waals surface area (Å²) in [6, 6.07) is 22.8. The maximum atomic E-state index is 13.1. The van der Waals surface area contributed by atoms with E-state index in [1.54, 1.807) is 22.7 Å². The van der Waals surface area contributed by atoms with Gasteiger partial charge in [-0.05, 0) is 73.4 Å². The van der Waals surface area contributed by atoms with Crippen molar-refractivity contribution in [3.05, 3.63) is 90.3 Å². The van der Waals surface area contributed by atoms with E-state index >= 15 is 0 Å². The number of thioether (sulfide) groups is 1. The Morgan fingerprint density at radius 2 is 1.53 bits per heavy atom. The Bertz CT molecular complexity index is 2250. The third-order valence-electron chi connectivity index (χ3n) is 10.8. The highest BCUT2D eigenvalue weighted by Crippen LogP contribution is 2.36. The number of likely N-dealkylation sites (tertiary alicyclic amines) is 1. The SMILES string of the molecule is Nc1ncnc2c1c(-c1ccc(Oc3ccccc3)cc1)nn2C1CCN(CCOCCOCCOCCSc2cccc3c2CN(C2CCC(=O)NC2=O)C3=O)CC1. The van der Waals surface area contributed by atoms with Gasteiger partial charge in [0.05, 0.1) is 51.1 Å². The van der Waals surface area contributed by atoms with Gasteiger partial charge in [-0.25, -0.2) is 14.6 Å². The number of amides is 3. The van der Waals surface area contributed by atoms with Gasteiger partial charge in [-0.15, -0.1) is 11.8 Å². The number of hydrogen-bond acceptors (Lipinski definition) is 13. The molecule has 2 saturated heterocycles. The molecule has 3 aromatic carbocycles. The molecular formula is C43H48N8O7S. The number of hydrogen-bond donors (Lipinski definition) is 2. The summed E-state index contributed by atoms with van der Waals surface area (Å²) in [6.45, 7) is 6.19. The highest BCUT2D eigenvalue weighted by molar-refractivity contribution is 7.99. The van der Waals surface area contributed by atoms with Gasteiger partial charge in [0.2, 0.25) is 11.8 Å². The van der Waals surface area contributed by atoms with E-state index in [0.717, 1.165) is 76.7 Å². The zero-order valence-corrected chi connectivity index (χ0v) is 33.6. The topological polar surface area (TPSA) is 176 Å². The number of carbonyl (C=O) groups excluding carboxylic acids is 3. The van der Waals surface area contributed by atoms with Crippen LogP contribution in [0.15, 0.2) is 84.0 Å². The van der Waals surface area contributed by atoms with Crippen molar-refractivity contribution in [2.24, 2.45) is 0 Å². The maximum Gasteiger partial charge on any atom is 0.255 e. The predicted octanol–water partition coefficient (Wildman–Crippen LogP) is 5.11. The number of nitrogens with one attached hydrogen (secondary N) is 1. The van der Waals surface area contributed by atoms with E-state index in [9.17, 15) is 14.4 Å². The summed E-state index contributed by atoms with van der Waals surface area (Å²) in [5.74, 6) is 1.78. The van der Waals surface area contributed by atoms with Crippen molar-refractivity contribution in [1.29, 1.82) is 0 Å². The summed E-state index contributed by atoms with van der Waals surface area (Å²) >= 11 is 1.63. The van der Waals surface area contributed by atoms with Gasteiger partial charge in [-0.2, -0.15) is 5.10 Å². The monoisotopic (exact) mass is 820 g/mol. The summed E-state index contributed by atoms with van der Waals surface area (Å²) in [4.78, 5) is 50.9. The van der Waals surface area contributed by atoms with E-state index in [1.807, 2.05) is 71.4 Å². The lowest BCUT2D eigenvalue weighted by atomic mass is 10.0. The molecule has 1 atom stereocenters. The van der Waals surface area contributed by atoms with Crippen LogP contribution in [0.2, 0.25) is 0 Å². The van der Waals surface area contributed by atoms with Crippen LogP contribution in [0, 0.1) is 0 Å². The molecule has 2 aromatic heterocycles. The minimum Gasteiger partial charge on any atom is -0.457 e. The quantitative estimate of drug-likeness (QED) is 0.0679. The standard InChI is InChI=1S/C43H48N8O7S/c44-40-38-39(29-9-11-32(12-10-29)58-31-5-2-1-3-6-31)48-51(41(38)46-28-45-40)30-15-17-49(18-16-30)19-20-55-21-22-56-23-24-57-25-26-59-36-8-4-7-33-34(36)27-50(43(33)54)35-13-14-37(52)47-42(35)53/h1-12,28,30,35H,13-27H2,(H2,44,45,46)(H,47,52,53). The lowest BCUT2D eigenvalue weighted by Crippen LogP contribution is -2.52. The Kier molecular flexibility index (Phi) is 13.1. The molecule has 0 spiro atoms. The maximum absolute atomic E-state index is 13.1. The second kappa shape index (κ2) is 19.1. The Morgan fingerprint density at radius 3 is 2.29 bits per heavy atom. The number of fused-ring (bicyclic) bond motifs is 2. The van der Waals surface area contributed by atoms with Crippen LogP contribution in [0.4, 0.5) is 5.82 Å². The number of piperidine rings is 2. The molecule has 59 heavy (non-hydrogen) atoms. The number of nitrogens with zero attached hydrogens (tertiary/aromatic N) is 6. The van der Waals surface area contributed by atoms with Crippen molar-refractivity contribution in [2.75, 3.05) is 70.8 Å². The fraction of sp³-hybridized carbons (Fsp3) is 0.395. The minimum atomic E-state index is -0.622. The summed E-state index contributed by atoms with van der Waals surface area (Å²) < 4.78 is 25.4. The number of carbonyl (C=O) groups is 3. The Hall–Kier alpha value is -5.39. The number of benzene rings is 3. The largest absolute Gasteiger partial charge is 0.457 e. The van der Waals surface area contributed by atoms with Gasteiger partial charge in [0.1, 0.15) is 35.4 Å². The van der Waals surface area contributed by atoms with Gasteiger partial charge in [-0.1, -0.05) is 24.3 Å². The normalized spacial score (nSPS) is 17.5. The van der Waals surface area contributed by atoms with Crippen LogP contribution in [0.25, 0.3) is 22.3 Å². The number of rotatable bonds is 18. The molecule has 5 aromatic rings. The predicted molar refractivity (Wildman–Crippen MR) is 222 cm³/mol. The Labute approximate surface area is 346 Å². The molecule has 0 saturated carbocycles. The lowest BCUT2D eigenvalue weighted by molar-refractivity contribution is -0.136. The molecule has 16 heteroatoms. The second-order valence-corrected chi connectivity index (χ2v) is 15.8. The van der Waals surface area contributed by atoms with Crippen molar-refractivity contribution in [1.82, 2.24) is 34.9 Å². The van der Waals surface area contributed by atoms with Crippen LogP contribution in [0.3, 0.4) is 0 Å². The number of para-hydroxylation sites is 1. The minimum absolute atomic E-state index is 0.166. The van der Waals surface area contributed by atoms with Crippen molar-refractivity contribution >= 4 is 46.3 Å². The summed E-state index contributed by atoms with van der Waals surface area (Å²) in [5, 5.41) is 8.17. The summed E-state index contributed by atoms with van der Waals surface area (Å²) in [7, 11) is 0. The van der Waals surface area contributed by atoms with Crippen molar-refractivity contribution < 1.29 is 33.3 Å². The van der Waals surface area contributed by atoms with Crippen LogP contribution in [-0.4, -0.2) is 118 Å². The van der Waals surface area contributed by atoms with Crippen LogP contribution < -0.4 is 15.8 Å². The molecular weight excluding hydrogens is 773 g/mol. The van der Waals surface area contributed by atoms with Gasteiger partial charge < -0.3 is 34.5 Å². The number of imide groups is 1. The van der Waals surface area contributed by atoms with Gasteiger partial charge >= 0.3 is 0 Å². The van der Waals surface area contributed by atoms with Crippen LogP contribution >= 0.6 is 11.8 Å².